The predicted octanol–water partition coefficient (Wildman–Crippen LogP) is 2.30. The van der Waals surface area contributed by atoms with Gasteiger partial charge in [0.2, 0.25) is 0 Å². The first-order valence-electron chi connectivity index (χ1n) is 5.39. The van der Waals surface area contributed by atoms with E-state index in [4.69, 9.17) is 5.73 Å². The molecule has 2 rings (SSSR count). The largest absolute Gasteiger partial charge is 0.399 e. The highest BCUT2D eigenvalue weighted by Crippen LogP contribution is 2.22. The number of amides is 1. The average molecular weight is 226 g/mol. The first-order chi connectivity index (χ1) is 8.20. The van der Waals surface area contributed by atoms with Crippen LogP contribution in [0.4, 0.5) is 5.69 Å². The Hall–Kier alpha value is -2.29. The summed E-state index contributed by atoms with van der Waals surface area (Å²) in [6, 6.07) is 15.1. The molecule has 0 saturated heterocycles. The number of hydrogen-bond acceptors (Lipinski definition) is 2. The van der Waals surface area contributed by atoms with Crippen LogP contribution in [0.3, 0.4) is 0 Å². The molecule has 0 atom stereocenters. The molecule has 0 aromatic heterocycles. The standard InChI is InChI=1S/C14H14N2O/c1-16-14(17)12-6-2-4-10(8-12)11-5-3-7-13(15)9-11/h2-9H,15H2,1H3,(H,16,17). The van der Waals surface area contributed by atoms with Crippen LogP contribution in [-0.4, -0.2) is 13.0 Å². The summed E-state index contributed by atoms with van der Waals surface area (Å²) in [6.07, 6.45) is 0. The average Bonchev–Trinajstić information content (AvgIpc) is 2.38. The maximum Gasteiger partial charge on any atom is 0.251 e. The Balaban J connectivity index is 2.43. The molecule has 0 saturated carbocycles. The first-order valence-corrected chi connectivity index (χ1v) is 5.39. The molecule has 0 unspecified atom stereocenters. The monoisotopic (exact) mass is 226 g/mol. The van der Waals surface area contributed by atoms with Gasteiger partial charge in [-0.2, -0.15) is 0 Å². The highest BCUT2D eigenvalue weighted by Gasteiger charge is 2.04. The van der Waals surface area contributed by atoms with Crippen molar-refractivity contribution in [1.82, 2.24) is 5.32 Å². The molecule has 3 N–H and O–H groups in total. The molecule has 17 heavy (non-hydrogen) atoms. The van der Waals surface area contributed by atoms with E-state index in [1.165, 1.54) is 0 Å². The number of rotatable bonds is 2. The minimum Gasteiger partial charge on any atom is -0.399 e. The van der Waals surface area contributed by atoms with Crippen LogP contribution in [0, 0.1) is 0 Å². The number of nitrogens with one attached hydrogen (secondary N) is 1. The summed E-state index contributed by atoms with van der Waals surface area (Å²) in [5, 5.41) is 2.61. The third kappa shape index (κ3) is 2.45. The zero-order valence-corrected chi connectivity index (χ0v) is 9.60. The van der Waals surface area contributed by atoms with Crippen molar-refractivity contribution in [2.24, 2.45) is 0 Å². The Morgan fingerprint density at radius 3 is 2.35 bits per heavy atom. The van der Waals surface area contributed by atoms with E-state index in [1.54, 1.807) is 13.1 Å². The SMILES string of the molecule is CNC(=O)c1cccc(-c2cccc(N)c2)c1. The van der Waals surface area contributed by atoms with Crippen LogP contribution in [0.15, 0.2) is 48.5 Å². The quantitative estimate of drug-likeness (QED) is 0.772. The highest BCUT2D eigenvalue weighted by molar-refractivity contribution is 5.95. The van der Waals surface area contributed by atoms with E-state index in [9.17, 15) is 4.79 Å². The topological polar surface area (TPSA) is 55.1 Å². The smallest absolute Gasteiger partial charge is 0.251 e. The maximum absolute atomic E-state index is 11.5. The van der Waals surface area contributed by atoms with Crippen molar-refractivity contribution in [3.05, 3.63) is 54.1 Å². The van der Waals surface area contributed by atoms with E-state index in [0.717, 1.165) is 11.1 Å². The number of carbonyl (C=O) groups is 1. The lowest BCUT2D eigenvalue weighted by Gasteiger charge is -2.05. The number of anilines is 1. The van der Waals surface area contributed by atoms with Gasteiger partial charge in [0.1, 0.15) is 0 Å². The Morgan fingerprint density at radius 2 is 1.71 bits per heavy atom. The molecule has 2 aromatic rings. The zero-order chi connectivity index (χ0) is 12.3. The Kier molecular flexibility index (Phi) is 3.10. The van der Waals surface area contributed by atoms with Gasteiger partial charge in [0.05, 0.1) is 0 Å². The van der Waals surface area contributed by atoms with Gasteiger partial charge in [-0.25, -0.2) is 0 Å². The molecule has 1 amide bonds. The summed E-state index contributed by atoms with van der Waals surface area (Å²) in [5.41, 5.74) is 9.10. The van der Waals surface area contributed by atoms with Gasteiger partial charge in [0.25, 0.3) is 5.91 Å². The highest BCUT2D eigenvalue weighted by atomic mass is 16.1. The molecule has 0 spiro atoms. The van der Waals surface area contributed by atoms with Crippen LogP contribution in [-0.2, 0) is 0 Å². The van der Waals surface area contributed by atoms with Gasteiger partial charge in [-0.15, -0.1) is 0 Å². The minimum absolute atomic E-state index is 0.0873. The van der Waals surface area contributed by atoms with Gasteiger partial charge >= 0.3 is 0 Å². The lowest BCUT2D eigenvalue weighted by atomic mass is 10.0. The third-order valence-corrected chi connectivity index (χ3v) is 2.57. The molecule has 0 aliphatic rings. The lowest BCUT2D eigenvalue weighted by Crippen LogP contribution is -2.17. The summed E-state index contributed by atoms with van der Waals surface area (Å²) in [7, 11) is 1.62. The Bertz CT molecular complexity index is 549. The number of hydrogen-bond donors (Lipinski definition) is 2. The minimum atomic E-state index is -0.0873. The first kappa shape index (κ1) is 11.2. The molecule has 3 heteroatoms. The van der Waals surface area contributed by atoms with E-state index < -0.39 is 0 Å². The van der Waals surface area contributed by atoms with E-state index in [2.05, 4.69) is 5.32 Å². The van der Waals surface area contributed by atoms with E-state index in [-0.39, 0.29) is 5.91 Å². The summed E-state index contributed by atoms with van der Waals surface area (Å²) >= 11 is 0. The van der Waals surface area contributed by atoms with Crippen LogP contribution < -0.4 is 11.1 Å². The summed E-state index contributed by atoms with van der Waals surface area (Å²) in [4.78, 5) is 11.5. The second-order valence-corrected chi connectivity index (χ2v) is 3.79. The fourth-order valence-electron chi connectivity index (χ4n) is 1.70. The maximum atomic E-state index is 11.5. The van der Waals surface area contributed by atoms with E-state index in [0.29, 0.717) is 11.3 Å². The zero-order valence-electron chi connectivity index (χ0n) is 9.60. The van der Waals surface area contributed by atoms with Crippen LogP contribution in [0.5, 0.6) is 0 Å². The van der Waals surface area contributed by atoms with Crippen molar-refractivity contribution < 1.29 is 4.79 Å². The lowest BCUT2D eigenvalue weighted by molar-refractivity contribution is 0.0963. The van der Waals surface area contributed by atoms with Gasteiger partial charge in [-0.05, 0) is 35.4 Å². The third-order valence-electron chi connectivity index (χ3n) is 2.57. The van der Waals surface area contributed by atoms with Gasteiger partial charge in [0, 0.05) is 18.3 Å². The fraction of sp³-hybridized carbons (Fsp3) is 0.0714. The molecule has 0 aliphatic heterocycles. The summed E-state index contributed by atoms with van der Waals surface area (Å²) < 4.78 is 0. The molecule has 0 aliphatic carbocycles. The van der Waals surface area contributed by atoms with Crippen molar-refractivity contribution in [3.63, 3.8) is 0 Å². The molecule has 86 valence electrons. The molecule has 0 bridgehead atoms. The predicted molar refractivity (Wildman–Crippen MR) is 69.7 cm³/mol. The molecule has 0 fully saturated rings. The molecular weight excluding hydrogens is 212 g/mol. The second-order valence-electron chi connectivity index (χ2n) is 3.79. The number of nitrogens with two attached hydrogens (primary N) is 1. The second kappa shape index (κ2) is 4.70. The Morgan fingerprint density at radius 1 is 1.06 bits per heavy atom. The number of benzene rings is 2. The van der Waals surface area contributed by atoms with Crippen molar-refractivity contribution in [1.29, 1.82) is 0 Å². The van der Waals surface area contributed by atoms with Crippen molar-refractivity contribution in [2.75, 3.05) is 12.8 Å². The van der Waals surface area contributed by atoms with E-state index in [1.807, 2.05) is 42.5 Å². The molecule has 3 nitrogen and oxygen atoms in total. The molecule has 2 aromatic carbocycles. The normalized spacial score (nSPS) is 9.94. The van der Waals surface area contributed by atoms with E-state index >= 15 is 0 Å². The van der Waals surface area contributed by atoms with Crippen LogP contribution in [0.1, 0.15) is 10.4 Å². The number of carbonyl (C=O) groups excluding carboxylic acids is 1. The molecule has 0 radical (unpaired) electrons. The van der Waals surface area contributed by atoms with Crippen molar-refractivity contribution in [2.45, 2.75) is 0 Å². The van der Waals surface area contributed by atoms with Crippen molar-refractivity contribution >= 4 is 11.6 Å². The molecular formula is C14H14N2O. The van der Waals surface area contributed by atoms with Crippen LogP contribution in [0.25, 0.3) is 11.1 Å². The Labute approximate surface area is 100 Å². The van der Waals surface area contributed by atoms with Gasteiger partial charge < -0.3 is 11.1 Å². The van der Waals surface area contributed by atoms with Gasteiger partial charge in [0.15, 0.2) is 0 Å². The van der Waals surface area contributed by atoms with Gasteiger partial charge in [-0.1, -0.05) is 24.3 Å². The number of nitrogen functional groups attached to an aromatic ring is 1. The van der Waals surface area contributed by atoms with Crippen LogP contribution in [0.2, 0.25) is 0 Å². The molecule has 0 heterocycles. The van der Waals surface area contributed by atoms with Gasteiger partial charge in [-0.3, -0.25) is 4.79 Å². The van der Waals surface area contributed by atoms with Crippen LogP contribution >= 0.6 is 0 Å². The summed E-state index contributed by atoms with van der Waals surface area (Å²) in [5.74, 6) is -0.0873. The fourth-order valence-corrected chi connectivity index (χ4v) is 1.70. The van der Waals surface area contributed by atoms with Crippen molar-refractivity contribution in [3.8, 4) is 11.1 Å². The summed E-state index contributed by atoms with van der Waals surface area (Å²) in [6.45, 7) is 0.